The van der Waals surface area contributed by atoms with Crippen LogP contribution in [0.5, 0.6) is 0 Å². The zero-order chi connectivity index (χ0) is 7.14. The second kappa shape index (κ2) is 2.21. The molecule has 4 atom stereocenters. The summed E-state index contributed by atoms with van der Waals surface area (Å²) >= 11 is 0. The first kappa shape index (κ1) is 6.62. The summed E-state index contributed by atoms with van der Waals surface area (Å²) in [6.07, 6.45) is 4.65. The van der Waals surface area contributed by atoms with E-state index in [1.165, 1.54) is 19.3 Å². The average Bonchev–Trinajstić information content (AvgIpc) is 2.42. The van der Waals surface area contributed by atoms with Gasteiger partial charge >= 0.3 is 0 Å². The first-order valence-electron chi connectivity index (χ1n) is 4.18. The Morgan fingerprint density at radius 2 is 2.10 bits per heavy atom. The normalized spacial score (nSPS) is 53.4. The fourth-order valence-electron chi connectivity index (χ4n) is 1.81. The lowest BCUT2D eigenvalue weighted by Crippen LogP contribution is -2.16. The highest BCUT2D eigenvalue weighted by Gasteiger charge is 2.43. The van der Waals surface area contributed by atoms with E-state index in [0.717, 1.165) is 0 Å². The standard InChI is InChI=1S/C8H15NO/c1-5-2-3-8(10-5)6-4-7(6)9/h5-8H,2-4,9H2,1H3/t5-,6-,7-,8?/m1/s1. The molecule has 1 aliphatic heterocycles. The van der Waals surface area contributed by atoms with Crippen molar-refractivity contribution in [2.24, 2.45) is 11.7 Å². The number of hydrogen-bond acceptors (Lipinski definition) is 2. The first-order chi connectivity index (χ1) is 4.77. The minimum Gasteiger partial charge on any atom is -0.375 e. The van der Waals surface area contributed by atoms with Crippen LogP contribution in [0.25, 0.3) is 0 Å². The van der Waals surface area contributed by atoms with Crippen LogP contribution in [0, 0.1) is 5.92 Å². The quantitative estimate of drug-likeness (QED) is 0.589. The maximum atomic E-state index is 5.71. The molecule has 0 radical (unpaired) electrons. The van der Waals surface area contributed by atoms with E-state index in [2.05, 4.69) is 6.92 Å². The van der Waals surface area contributed by atoms with Gasteiger partial charge in [-0.05, 0) is 26.2 Å². The summed E-state index contributed by atoms with van der Waals surface area (Å²) in [6.45, 7) is 2.15. The van der Waals surface area contributed by atoms with E-state index in [0.29, 0.717) is 24.2 Å². The zero-order valence-electron chi connectivity index (χ0n) is 6.42. The van der Waals surface area contributed by atoms with Crippen LogP contribution in [0.15, 0.2) is 0 Å². The molecular weight excluding hydrogens is 126 g/mol. The Morgan fingerprint density at radius 3 is 2.50 bits per heavy atom. The SMILES string of the molecule is C[C@@H]1CCC([C@@H]2C[C@H]2N)O1. The summed E-state index contributed by atoms with van der Waals surface area (Å²) in [7, 11) is 0. The van der Waals surface area contributed by atoms with E-state index in [1.54, 1.807) is 0 Å². The Labute approximate surface area is 61.7 Å². The highest BCUT2D eigenvalue weighted by Crippen LogP contribution is 2.39. The number of hydrogen-bond donors (Lipinski definition) is 1. The van der Waals surface area contributed by atoms with Crippen LogP contribution in [-0.4, -0.2) is 18.2 Å². The largest absolute Gasteiger partial charge is 0.375 e. The van der Waals surface area contributed by atoms with Gasteiger partial charge in [-0.25, -0.2) is 0 Å². The molecule has 0 bridgehead atoms. The Balaban J connectivity index is 1.85. The van der Waals surface area contributed by atoms with Crippen LogP contribution >= 0.6 is 0 Å². The number of rotatable bonds is 1. The molecule has 2 fully saturated rings. The molecule has 1 heterocycles. The van der Waals surface area contributed by atoms with E-state index in [-0.39, 0.29) is 0 Å². The fraction of sp³-hybridized carbons (Fsp3) is 1.00. The van der Waals surface area contributed by atoms with Crippen LogP contribution in [0.1, 0.15) is 26.2 Å². The van der Waals surface area contributed by atoms with E-state index in [1.807, 2.05) is 0 Å². The lowest BCUT2D eigenvalue weighted by atomic mass is 10.1. The number of ether oxygens (including phenoxy) is 1. The van der Waals surface area contributed by atoms with Crippen LogP contribution < -0.4 is 5.73 Å². The lowest BCUT2D eigenvalue weighted by molar-refractivity contribution is 0.0419. The van der Waals surface area contributed by atoms with Crippen molar-refractivity contribution >= 4 is 0 Å². The maximum absolute atomic E-state index is 5.71. The molecule has 1 aliphatic carbocycles. The Bertz CT molecular complexity index is 137. The van der Waals surface area contributed by atoms with Gasteiger partial charge < -0.3 is 10.5 Å². The second-order valence-corrected chi connectivity index (χ2v) is 3.63. The predicted octanol–water partition coefficient (Wildman–Crippen LogP) is 0.901. The summed E-state index contributed by atoms with van der Waals surface area (Å²) in [5.74, 6) is 0.699. The van der Waals surface area contributed by atoms with E-state index >= 15 is 0 Å². The minimum absolute atomic E-state index is 0.454. The summed E-state index contributed by atoms with van der Waals surface area (Å²) in [5.41, 5.74) is 5.71. The van der Waals surface area contributed by atoms with Crippen LogP contribution in [0.2, 0.25) is 0 Å². The van der Waals surface area contributed by atoms with Gasteiger partial charge in [-0.15, -0.1) is 0 Å². The van der Waals surface area contributed by atoms with Crippen molar-refractivity contribution in [3.63, 3.8) is 0 Å². The van der Waals surface area contributed by atoms with Crippen LogP contribution in [-0.2, 0) is 4.74 Å². The van der Waals surface area contributed by atoms with Crippen molar-refractivity contribution in [3.8, 4) is 0 Å². The van der Waals surface area contributed by atoms with Crippen molar-refractivity contribution in [2.45, 2.75) is 44.4 Å². The Morgan fingerprint density at radius 1 is 1.40 bits per heavy atom. The van der Waals surface area contributed by atoms with Gasteiger partial charge in [0.05, 0.1) is 12.2 Å². The van der Waals surface area contributed by atoms with Crippen molar-refractivity contribution in [1.82, 2.24) is 0 Å². The molecule has 1 saturated heterocycles. The fourth-order valence-corrected chi connectivity index (χ4v) is 1.81. The van der Waals surface area contributed by atoms with Gasteiger partial charge in [0, 0.05) is 12.0 Å². The third-order valence-electron chi connectivity index (χ3n) is 2.63. The monoisotopic (exact) mass is 141 g/mol. The van der Waals surface area contributed by atoms with Crippen molar-refractivity contribution < 1.29 is 4.74 Å². The molecule has 0 aromatic rings. The molecule has 10 heavy (non-hydrogen) atoms. The Hall–Kier alpha value is -0.0800. The molecule has 2 nitrogen and oxygen atoms in total. The molecule has 0 amide bonds. The van der Waals surface area contributed by atoms with Gasteiger partial charge in [-0.3, -0.25) is 0 Å². The van der Waals surface area contributed by atoms with E-state index in [9.17, 15) is 0 Å². The van der Waals surface area contributed by atoms with Crippen LogP contribution in [0.4, 0.5) is 0 Å². The molecule has 1 saturated carbocycles. The van der Waals surface area contributed by atoms with Crippen molar-refractivity contribution in [3.05, 3.63) is 0 Å². The molecule has 2 aliphatic rings. The van der Waals surface area contributed by atoms with E-state index in [4.69, 9.17) is 10.5 Å². The van der Waals surface area contributed by atoms with Crippen molar-refractivity contribution in [1.29, 1.82) is 0 Å². The second-order valence-electron chi connectivity index (χ2n) is 3.63. The summed E-state index contributed by atoms with van der Waals surface area (Å²) in [4.78, 5) is 0. The van der Waals surface area contributed by atoms with Gasteiger partial charge in [0.15, 0.2) is 0 Å². The average molecular weight is 141 g/mol. The molecule has 2 heteroatoms. The highest BCUT2D eigenvalue weighted by molar-refractivity contribution is 4.97. The summed E-state index contributed by atoms with van der Waals surface area (Å²) in [5, 5.41) is 0. The van der Waals surface area contributed by atoms with Gasteiger partial charge in [0.1, 0.15) is 0 Å². The zero-order valence-corrected chi connectivity index (χ0v) is 6.42. The Kier molecular flexibility index (Phi) is 1.46. The number of nitrogens with two attached hydrogens (primary N) is 1. The third kappa shape index (κ3) is 1.06. The van der Waals surface area contributed by atoms with Crippen molar-refractivity contribution in [2.75, 3.05) is 0 Å². The molecule has 1 unspecified atom stereocenters. The van der Waals surface area contributed by atoms with Gasteiger partial charge in [0.25, 0.3) is 0 Å². The smallest absolute Gasteiger partial charge is 0.0623 e. The molecule has 2 rings (SSSR count). The molecular formula is C8H15NO. The molecule has 0 aromatic heterocycles. The topological polar surface area (TPSA) is 35.2 Å². The molecule has 2 N–H and O–H groups in total. The molecule has 58 valence electrons. The van der Waals surface area contributed by atoms with Crippen LogP contribution in [0.3, 0.4) is 0 Å². The summed E-state index contributed by atoms with van der Waals surface area (Å²) in [6, 6.07) is 0.454. The lowest BCUT2D eigenvalue weighted by Gasteiger charge is -2.08. The summed E-state index contributed by atoms with van der Waals surface area (Å²) < 4.78 is 5.68. The van der Waals surface area contributed by atoms with E-state index < -0.39 is 0 Å². The highest BCUT2D eigenvalue weighted by atomic mass is 16.5. The van der Waals surface area contributed by atoms with Gasteiger partial charge in [-0.1, -0.05) is 0 Å². The van der Waals surface area contributed by atoms with Gasteiger partial charge in [-0.2, -0.15) is 0 Å². The third-order valence-corrected chi connectivity index (χ3v) is 2.63. The maximum Gasteiger partial charge on any atom is 0.0623 e. The molecule has 0 spiro atoms. The van der Waals surface area contributed by atoms with Gasteiger partial charge in [0.2, 0.25) is 0 Å². The minimum atomic E-state index is 0.454. The molecule has 0 aromatic carbocycles. The predicted molar refractivity (Wildman–Crippen MR) is 39.7 cm³/mol. The first-order valence-corrected chi connectivity index (χ1v) is 4.18.